The Morgan fingerprint density at radius 1 is 1.58 bits per heavy atom. The van der Waals surface area contributed by atoms with Crippen LogP contribution in [0, 0.1) is 11.2 Å². The highest BCUT2D eigenvalue weighted by atomic mass is 19.1. The van der Waals surface area contributed by atoms with Gasteiger partial charge in [-0.15, -0.1) is 0 Å². The van der Waals surface area contributed by atoms with Crippen LogP contribution in [0.25, 0.3) is 0 Å². The Kier molecular flexibility index (Phi) is 3.87. The molecule has 104 valence electrons. The van der Waals surface area contributed by atoms with Crippen molar-refractivity contribution in [2.45, 2.75) is 25.9 Å². The smallest absolute Gasteiger partial charge is 0.230 e. The molecule has 3 atom stereocenters. The summed E-state index contributed by atoms with van der Waals surface area (Å²) in [5.41, 5.74) is 5.61. The largest absolute Gasteiger partial charge is 0.379 e. The molecule has 1 fully saturated rings. The minimum Gasteiger partial charge on any atom is -0.379 e. The van der Waals surface area contributed by atoms with Crippen molar-refractivity contribution < 1.29 is 13.9 Å². The number of benzene rings is 1. The molecule has 0 saturated carbocycles. The van der Waals surface area contributed by atoms with Crippen LogP contribution >= 0.6 is 0 Å². The average Bonchev–Trinajstić information content (AvgIpc) is 2.71. The molecule has 19 heavy (non-hydrogen) atoms. The zero-order valence-electron chi connectivity index (χ0n) is 11.2. The van der Waals surface area contributed by atoms with Gasteiger partial charge in [-0.3, -0.25) is 4.79 Å². The monoisotopic (exact) mass is 266 g/mol. The van der Waals surface area contributed by atoms with Crippen LogP contribution in [-0.2, 0) is 9.53 Å². The zero-order valence-corrected chi connectivity index (χ0v) is 11.2. The Labute approximate surface area is 112 Å². The fourth-order valence-electron chi connectivity index (χ4n) is 2.19. The normalized spacial score (nSPS) is 28.1. The van der Waals surface area contributed by atoms with Gasteiger partial charge in [0, 0.05) is 11.6 Å². The van der Waals surface area contributed by atoms with E-state index in [1.165, 1.54) is 6.07 Å². The summed E-state index contributed by atoms with van der Waals surface area (Å²) in [6, 6.07) is 5.67. The Balaban J connectivity index is 2.09. The zero-order chi connectivity index (χ0) is 14.0. The van der Waals surface area contributed by atoms with E-state index in [2.05, 4.69) is 5.32 Å². The predicted octanol–water partition coefficient (Wildman–Crippen LogP) is 1.37. The molecule has 2 rings (SSSR count). The van der Waals surface area contributed by atoms with Crippen molar-refractivity contribution in [3.05, 3.63) is 35.6 Å². The third-order valence-corrected chi connectivity index (χ3v) is 3.76. The Bertz CT molecular complexity index is 480. The molecule has 3 unspecified atom stereocenters. The topological polar surface area (TPSA) is 64.3 Å². The third-order valence-electron chi connectivity index (χ3n) is 3.76. The van der Waals surface area contributed by atoms with Gasteiger partial charge in [0.15, 0.2) is 0 Å². The highest BCUT2D eigenvalue weighted by Gasteiger charge is 2.44. The SMILES string of the molecule is CC(NC(=O)C1(C)COCC1N)c1ccccc1F. The number of ether oxygens (including phenoxy) is 1. The van der Waals surface area contributed by atoms with Crippen molar-refractivity contribution in [2.24, 2.45) is 11.1 Å². The molecule has 1 aliphatic rings. The first-order valence-corrected chi connectivity index (χ1v) is 6.34. The lowest BCUT2D eigenvalue weighted by molar-refractivity contribution is -0.131. The molecule has 1 aromatic rings. The first kappa shape index (κ1) is 14.0. The molecule has 0 radical (unpaired) electrons. The maximum absolute atomic E-state index is 13.6. The Morgan fingerprint density at radius 3 is 2.84 bits per heavy atom. The molecule has 1 aliphatic heterocycles. The van der Waals surface area contributed by atoms with Crippen LogP contribution in [0.3, 0.4) is 0 Å². The molecule has 4 nitrogen and oxygen atoms in total. The fraction of sp³-hybridized carbons (Fsp3) is 0.500. The molecule has 3 N–H and O–H groups in total. The van der Waals surface area contributed by atoms with E-state index in [4.69, 9.17) is 10.5 Å². The van der Waals surface area contributed by atoms with Crippen LogP contribution in [0.15, 0.2) is 24.3 Å². The van der Waals surface area contributed by atoms with Crippen molar-refractivity contribution in [3.8, 4) is 0 Å². The number of nitrogens with two attached hydrogens (primary N) is 1. The number of halogens is 1. The maximum atomic E-state index is 13.6. The van der Waals surface area contributed by atoms with E-state index in [1.54, 1.807) is 32.0 Å². The van der Waals surface area contributed by atoms with Crippen molar-refractivity contribution in [1.82, 2.24) is 5.32 Å². The number of carbonyl (C=O) groups excluding carboxylic acids is 1. The van der Waals surface area contributed by atoms with Crippen LogP contribution in [0.2, 0.25) is 0 Å². The van der Waals surface area contributed by atoms with Crippen molar-refractivity contribution in [1.29, 1.82) is 0 Å². The minimum absolute atomic E-state index is 0.201. The molecule has 1 aromatic carbocycles. The standard InChI is InChI=1S/C14H19FN2O2/c1-9(10-5-3-4-6-11(10)15)17-13(18)14(2)8-19-7-12(14)16/h3-6,9,12H,7-8,16H2,1-2H3,(H,17,18). The molecule has 1 amide bonds. The molecule has 1 saturated heterocycles. The minimum atomic E-state index is -0.750. The quantitative estimate of drug-likeness (QED) is 0.868. The van der Waals surface area contributed by atoms with E-state index in [1.807, 2.05) is 0 Å². The summed E-state index contributed by atoms with van der Waals surface area (Å²) in [6.45, 7) is 4.19. The summed E-state index contributed by atoms with van der Waals surface area (Å²) in [7, 11) is 0. The maximum Gasteiger partial charge on any atom is 0.230 e. The van der Waals surface area contributed by atoms with E-state index in [0.717, 1.165) is 0 Å². The Hall–Kier alpha value is -1.46. The van der Waals surface area contributed by atoms with Gasteiger partial charge in [0.25, 0.3) is 0 Å². The molecule has 5 heteroatoms. The van der Waals surface area contributed by atoms with Gasteiger partial charge < -0.3 is 15.8 Å². The third kappa shape index (κ3) is 2.62. The second-order valence-corrected chi connectivity index (χ2v) is 5.26. The predicted molar refractivity (Wildman–Crippen MR) is 69.9 cm³/mol. The van der Waals surface area contributed by atoms with Crippen LogP contribution < -0.4 is 11.1 Å². The second-order valence-electron chi connectivity index (χ2n) is 5.26. The van der Waals surface area contributed by atoms with Crippen LogP contribution in [0.5, 0.6) is 0 Å². The molecular formula is C14H19FN2O2. The van der Waals surface area contributed by atoms with E-state index in [9.17, 15) is 9.18 Å². The molecule has 0 aromatic heterocycles. The second kappa shape index (κ2) is 5.27. The summed E-state index contributed by atoms with van der Waals surface area (Å²) >= 11 is 0. The van der Waals surface area contributed by atoms with Crippen molar-refractivity contribution >= 4 is 5.91 Å². The molecule has 0 aliphatic carbocycles. The molecule has 0 bridgehead atoms. The van der Waals surface area contributed by atoms with Crippen LogP contribution in [-0.4, -0.2) is 25.2 Å². The lowest BCUT2D eigenvalue weighted by atomic mass is 9.84. The molecular weight excluding hydrogens is 247 g/mol. The van der Waals surface area contributed by atoms with E-state index in [0.29, 0.717) is 18.8 Å². The number of rotatable bonds is 3. The lowest BCUT2D eigenvalue weighted by Gasteiger charge is -2.27. The van der Waals surface area contributed by atoms with Gasteiger partial charge in [0.2, 0.25) is 5.91 Å². The Morgan fingerprint density at radius 2 is 2.26 bits per heavy atom. The van der Waals surface area contributed by atoms with E-state index in [-0.39, 0.29) is 17.8 Å². The van der Waals surface area contributed by atoms with Gasteiger partial charge in [-0.1, -0.05) is 18.2 Å². The van der Waals surface area contributed by atoms with E-state index >= 15 is 0 Å². The van der Waals surface area contributed by atoms with E-state index < -0.39 is 11.5 Å². The molecule has 1 heterocycles. The van der Waals surface area contributed by atoms with Gasteiger partial charge in [0.1, 0.15) is 5.82 Å². The number of hydrogen-bond donors (Lipinski definition) is 2. The number of hydrogen-bond acceptors (Lipinski definition) is 3. The summed E-state index contributed by atoms with van der Waals surface area (Å²) in [5.74, 6) is -0.527. The van der Waals surface area contributed by atoms with Gasteiger partial charge >= 0.3 is 0 Å². The summed E-state index contributed by atoms with van der Waals surface area (Å²) < 4.78 is 18.9. The first-order chi connectivity index (χ1) is 8.95. The van der Waals surface area contributed by atoms with Crippen LogP contribution in [0.1, 0.15) is 25.5 Å². The van der Waals surface area contributed by atoms with Gasteiger partial charge in [-0.2, -0.15) is 0 Å². The van der Waals surface area contributed by atoms with Crippen molar-refractivity contribution in [3.63, 3.8) is 0 Å². The van der Waals surface area contributed by atoms with Crippen molar-refractivity contribution in [2.75, 3.05) is 13.2 Å². The number of amides is 1. The number of nitrogens with one attached hydrogen (secondary N) is 1. The first-order valence-electron chi connectivity index (χ1n) is 6.34. The van der Waals surface area contributed by atoms with Gasteiger partial charge in [0.05, 0.1) is 24.7 Å². The van der Waals surface area contributed by atoms with Gasteiger partial charge in [-0.05, 0) is 19.9 Å². The summed E-state index contributed by atoms with van der Waals surface area (Å²) in [4.78, 5) is 12.3. The highest BCUT2D eigenvalue weighted by molar-refractivity contribution is 5.84. The fourth-order valence-corrected chi connectivity index (χ4v) is 2.19. The molecule has 0 spiro atoms. The summed E-state index contributed by atoms with van der Waals surface area (Å²) in [6.07, 6.45) is 0. The van der Waals surface area contributed by atoms with Gasteiger partial charge in [-0.25, -0.2) is 4.39 Å². The highest BCUT2D eigenvalue weighted by Crippen LogP contribution is 2.28. The van der Waals surface area contributed by atoms with Crippen LogP contribution in [0.4, 0.5) is 4.39 Å². The lowest BCUT2D eigenvalue weighted by Crippen LogP contribution is -2.50. The summed E-state index contributed by atoms with van der Waals surface area (Å²) in [5, 5.41) is 2.81. The average molecular weight is 266 g/mol. The number of carbonyl (C=O) groups is 1.